The third-order valence-corrected chi connectivity index (χ3v) is 4.05. The molecule has 0 radical (unpaired) electrons. The van der Waals surface area contributed by atoms with Gasteiger partial charge in [0.1, 0.15) is 11.3 Å². The van der Waals surface area contributed by atoms with Crippen LogP contribution in [0, 0.1) is 0 Å². The Balaban J connectivity index is 2.00. The van der Waals surface area contributed by atoms with Crippen molar-refractivity contribution < 1.29 is 19.1 Å². The van der Waals surface area contributed by atoms with E-state index in [1.165, 1.54) is 6.92 Å². The van der Waals surface area contributed by atoms with E-state index < -0.39 is 5.95 Å². The maximum absolute atomic E-state index is 12.3. The van der Waals surface area contributed by atoms with Crippen molar-refractivity contribution in [3.63, 3.8) is 0 Å². The Morgan fingerprint density at radius 2 is 1.95 bits per heavy atom. The van der Waals surface area contributed by atoms with E-state index in [2.05, 4.69) is 0 Å². The standard InChI is InChI=1S/C16H13ClO4/c1-8(18)14-15-12(19)6-10(7-13(15)21-16(14)20)9-2-4-11(17)5-3-9/h2-5,10,20H,6-7H2,1H3. The van der Waals surface area contributed by atoms with Crippen molar-refractivity contribution in [1.29, 1.82) is 0 Å². The zero-order chi connectivity index (χ0) is 15.1. The van der Waals surface area contributed by atoms with E-state index in [1.54, 1.807) is 12.1 Å². The first-order valence-corrected chi connectivity index (χ1v) is 6.99. The van der Waals surface area contributed by atoms with Gasteiger partial charge in [-0.25, -0.2) is 0 Å². The number of rotatable bonds is 2. The van der Waals surface area contributed by atoms with Gasteiger partial charge in [-0.1, -0.05) is 23.7 Å². The lowest BCUT2D eigenvalue weighted by molar-refractivity contribution is 0.0945. The molecule has 1 aromatic carbocycles. The second kappa shape index (κ2) is 5.04. The minimum atomic E-state index is -0.461. The summed E-state index contributed by atoms with van der Waals surface area (Å²) in [6, 6.07) is 7.30. The highest BCUT2D eigenvalue weighted by molar-refractivity contribution is 6.30. The topological polar surface area (TPSA) is 67.5 Å². The molecule has 5 heteroatoms. The van der Waals surface area contributed by atoms with Crippen LogP contribution >= 0.6 is 11.6 Å². The van der Waals surface area contributed by atoms with Gasteiger partial charge in [-0.3, -0.25) is 9.59 Å². The molecule has 21 heavy (non-hydrogen) atoms. The molecule has 0 amide bonds. The molecule has 1 aliphatic rings. The molecule has 0 saturated heterocycles. The molecule has 4 nitrogen and oxygen atoms in total. The highest BCUT2D eigenvalue weighted by atomic mass is 35.5. The smallest absolute Gasteiger partial charge is 0.294 e. The second-order valence-corrected chi connectivity index (χ2v) is 5.65. The van der Waals surface area contributed by atoms with Crippen LogP contribution in [0.15, 0.2) is 28.7 Å². The van der Waals surface area contributed by atoms with Crippen LogP contribution < -0.4 is 0 Å². The van der Waals surface area contributed by atoms with E-state index in [0.29, 0.717) is 17.2 Å². The maximum atomic E-state index is 12.3. The van der Waals surface area contributed by atoms with Gasteiger partial charge in [0.05, 0.1) is 5.56 Å². The van der Waals surface area contributed by atoms with Gasteiger partial charge in [0.2, 0.25) is 0 Å². The summed E-state index contributed by atoms with van der Waals surface area (Å²) in [6.07, 6.45) is 0.761. The summed E-state index contributed by atoms with van der Waals surface area (Å²) in [5, 5.41) is 10.4. The molecule has 108 valence electrons. The van der Waals surface area contributed by atoms with Gasteiger partial charge in [-0.15, -0.1) is 0 Å². The summed E-state index contributed by atoms with van der Waals surface area (Å²) in [6.45, 7) is 1.31. The molecule has 0 bridgehead atoms. The molecular weight excluding hydrogens is 292 g/mol. The molecule has 0 aliphatic heterocycles. The molecule has 1 unspecified atom stereocenters. The number of aromatic hydroxyl groups is 1. The zero-order valence-electron chi connectivity index (χ0n) is 11.4. The maximum Gasteiger partial charge on any atom is 0.294 e. The fraction of sp³-hybridized carbons (Fsp3) is 0.250. The Kier molecular flexibility index (Phi) is 3.33. The van der Waals surface area contributed by atoms with E-state index in [-0.39, 0.29) is 35.0 Å². The van der Waals surface area contributed by atoms with E-state index in [0.717, 1.165) is 5.56 Å². The first-order valence-electron chi connectivity index (χ1n) is 6.61. The van der Waals surface area contributed by atoms with Crippen molar-refractivity contribution in [3.8, 4) is 5.95 Å². The summed E-state index contributed by atoms with van der Waals surface area (Å²) in [7, 11) is 0. The lowest BCUT2D eigenvalue weighted by atomic mass is 9.81. The molecule has 0 fully saturated rings. The minimum absolute atomic E-state index is 0.00422. The van der Waals surface area contributed by atoms with E-state index >= 15 is 0 Å². The first kappa shape index (κ1) is 13.9. The van der Waals surface area contributed by atoms with Gasteiger partial charge in [0, 0.05) is 17.9 Å². The number of furan rings is 1. The number of benzene rings is 1. The highest BCUT2D eigenvalue weighted by Crippen LogP contribution is 2.39. The van der Waals surface area contributed by atoms with Crippen LogP contribution in [0.2, 0.25) is 5.02 Å². The number of hydrogen-bond acceptors (Lipinski definition) is 4. The Hall–Kier alpha value is -2.07. The quantitative estimate of drug-likeness (QED) is 0.858. The van der Waals surface area contributed by atoms with E-state index in [9.17, 15) is 14.7 Å². The van der Waals surface area contributed by atoms with Crippen LogP contribution in [-0.2, 0) is 6.42 Å². The molecule has 1 atom stereocenters. The Bertz CT molecular complexity index is 727. The normalized spacial score (nSPS) is 17.6. The van der Waals surface area contributed by atoms with Crippen molar-refractivity contribution in [2.75, 3.05) is 0 Å². The number of carbonyl (C=O) groups excluding carboxylic acids is 2. The predicted molar refractivity (Wildman–Crippen MR) is 77.2 cm³/mol. The number of halogens is 1. The lowest BCUT2D eigenvalue weighted by Gasteiger charge is -2.20. The van der Waals surface area contributed by atoms with Crippen LogP contribution in [-0.4, -0.2) is 16.7 Å². The summed E-state index contributed by atoms with van der Waals surface area (Å²) < 4.78 is 5.23. The van der Waals surface area contributed by atoms with Crippen molar-refractivity contribution in [1.82, 2.24) is 0 Å². The van der Waals surface area contributed by atoms with Gasteiger partial charge in [0.25, 0.3) is 5.95 Å². The fourth-order valence-corrected chi connectivity index (χ4v) is 2.95. The summed E-state index contributed by atoms with van der Waals surface area (Å²) in [5.74, 6) is -0.652. The Labute approximate surface area is 126 Å². The van der Waals surface area contributed by atoms with Crippen LogP contribution in [0.5, 0.6) is 5.95 Å². The molecule has 1 heterocycles. The molecule has 1 N–H and O–H groups in total. The minimum Gasteiger partial charge on any atom is -0.480 e. The molecule has 3 rings (SSSR count). The number of carbonyl (C=O) groups is 2. The largest absolute Gasteiger partial charge is 0.480 e. The fourth-order valence-electron chi connectivity index (χ4n) is 2.82. The molecule has 0 spiro atoms. The average Bonchev–Trinajstić information content (AvgIpc) is 2.76. The predicted octanol–water partition coefficient (Wildman–Crippen LogP) is 3.75. The lowest BCUT2D eigenvalue weighted by Crippen LogP contribution is -2.19. The van der Waals surface area contributed by atoms with Crippen LogP contribution in [0.1, 0.15) is 51.3 Å². The van der Waals surface area contributed by atoms with E-state index in [1.807, 2.05) is 12.1 Å². The summed E-state index contributed by atoms with van der Waals surface area (Å²) >= 11 is 5.86. The number of ketones is 2. The van der Waals surface area contributed by atoms with Gasteiger partial charge < -0.3 is 9.52 Å². The SMILES string of the molecule is CC(=O)c1c(O)oc2c1C(=O)CC(c1ccc(Cl)cc1)C2. The zero-order valence-corrected chi connectivity index (χ0v) is 12.1. The summed E-state index contributed by atoms with van der Waals surface area (Å²) in [4.78, 5) is 23.9. The van der Waals surface area contributed by atoms with Crippen LogP contribution in [0.3, 0.4) is 0 Å². The molecule has 2 aromatic rings. The summed E-state index contributed by atoms with van der Waals surface area (Å²) in [5.41, 5.74) is 1.23. The van der Waals surface area contributed by atoms with Crippen molar-refractivity contribution >= 4 is 23.2 Å². The third-order valence-electron chi connectivity index (χ3n) is 3.80. The molecular formula is C16H13ClO4. The second-order valence-electron chi connectivity index (χ2n) is 5.22. The van der Waals surface area contributed by atoms with Gasteiger partial charge in [-0.2, -0.15) is 0 Å². The number of fused-ring (bicyclic) bond motifs is 1. The number of Topliss-reactive ketones (excluding diaryl/α,β-unsaturated/α-hetero) is 2. The third kappa shape index (κ3) is 2.36. The van der Waals surface area contributed by atoms with Gasteiger partial charge >= 0.3 is 0 Å². The van der Waals surface area contributed by atoms with Crippen molar-refractivity contribution in [2.24, 2.45) is 0 Å². The van der Waals surface area contributed by atoms with Crippen molar-refractivity contribution in [3.05, 3.63) is 51.7 Å². The highest BCUT2D eigenvalue weighted by Gasteiger charge is 2.35. The van der Waals surface area contributed by atoms with E-state index in [4.69, 9.17) is 16.0 Å². The van der Waals surface area contributed by atoms with Crippen LogP contribution in [0.4, 0.5) is 0 Å². The Morgan fingerprint density at radius 3 is 2.57 bits per heavy atom. The molecule has 1 aliphatic carbocycles. The average molecular weight is 305 g/mol. The monoisotopic (exact) mass is 304 g/mol. The van der Waals surface area contributed by atoms with Gasteiger partial charge in [0.15, 0.2) is 11.6 Å². The van der Waals surface area contributed by atoms with Crippen LogP contribution in [0.25, 0.3) is 0 Å². The molecule has 0 saturated carbocycles. The van der Waals surface area contributed by atoms with Gasteiger partial charge in [-0.05, 0) is 30.5 Å². The molecule has 1 aromatic heterocycles. The number of hydrogen-bond donors (Lipinski definition) is 1. The van der Waals surface area contributed by atoms with Crippen molar-refractivity contribution in [2.45, 2.75) is 25.7 Å². The Morgan fingerprint density at radius 1 is 1.29 bits per heavy atom. The first-order chi connectivity index (χ1) is 9.97.